The van der Waals surface area contributed by atoms with Gasteiger partial charge in [-0.2, -0.15) is 0 Å². The van der Waals surface area contributed by atoms with Gasteiger partial charge in [0.25, 0.3) is 0 Å². The Bertz CT molecular complexity index is 1930. The van der Waals surface area contributed by atoms with Crippen molar-refractivity contribution in [3.05, 3.63) is 0 Å². The van der Waals surface area contributed by atoms with Crippen molar-refractivity contribution >= 4 is 39.5 Å². The van der Waals surface area contributed by atoms with Crippen molar-refractivity contribution in [2.75, 3.05) is 39.6 Å². The molecule has 0 saturated heterocycles. The summed E-state index contributed by atoms with van der Waals surface area (Å²) in [6.07, 6.45) is 66.7. The molecule has 0 rings (SSSR count). The topological polar surface area (TPSA) is 237 Å². The number of aliphatic hydroxyl groups is 1. The molecule has 3 unspecified atom stereocenters. The molecular formula is C82H160O17P2. The van der Waals surface area contributed by atoms with Gasteiger partial charge in [0.15, 0.2) is 12.2 Å². The first-order valence-corrected chi connectivity index (χ1v) is 45.7. The molecule has 0 saturated carbocycles. The molecule has 101 heavy (non-hydrogen) atoms. The van der Waals surface area contributed by atoms with Crippen LogP contribution in [0.3, 0.4) is 0 Å². The zero-order valence-corrected chi connectivity index (χ0v) is 67.8. The third kappa shape index (κ3) is 74.7. The Balaban J connectivity index is 5.17. The number of rotatable bonds is 82. The first-order valence-electron chi connectivity index (χ1n) is 42.7. The number of carbonyl (C=O) groups excluding carboxylic acids is 4. The summed E-state index contributed by atoms with van der Waals surface area (Å²) in [5.41, 5.74) is 0. The maximum atomic E-state index is 13.1. The van der Waals surface area contributed by atoms with Gasteiger partial charge in [0.1, 0.15) is 19.3 Å². The van der Waals surface area contributed by atoms with Crippen LogP contribution < -0.4 is 0 Å². The van der Waals surface area contributed by atoms with Gasteiger partial charge in [-0.1, -0.05) is 388 Å². The molecule has 0 bridgehead atoms. The molecule has 0 amide bonds. The molecule has 0 spiro atoms. The molecule has 600 valence electrons. The predicted molar refractivity (Wildman–Crippen MR) is 414 cm³/mol. The van der Waals surface area contributed by atoms with Crippen LogP contribution >= 0.6 is 15.6 Å². The Hall–Kier alpha value is -1.94. The second kappa shape index (κ2) is 74.9. The van der Waals surface area contributed by atoms with Gasteiger partial charge < -0.3 is 33.8 Å². The molecule has 0 aliphatic rings. The van der Waals surface area contributed by atoms with Crippen LogP contribution in [0.5, 0.6) is 0 Å². The van der Waals surface area contributed by atoms with Gasteiger partial charge >= 0.3 is 39.5 Å². The lowest BCUT2D eigenvalue weighted by molar-refractivity contribution is -0.161. The maximum absolute atomic E-state index is 13.1. The van der Waals surface area contributed by atoms with E-state index in [-0.39, 0.29) is 25.7 Å². The van der Waals surface area contributed by atoms with Gasteiger partial charge in [-0.05, 0) is 31.6 Å². The summed E-state index contributed by atoms with van der Waals surface area (Å²) in [5.74, 6) is -1.26. The van der Waals surface area contributed by atoms with E-state index in [0.29, 0.717) is 25.7 Å². The van der Waals surface area contributed by atoms with Crippen molar-refractivity contribution in [2.45, 2.75) is 457 Å². The standard InChI is InChI=1S/C82H160O17P2/c1-6-10-13-16-19-21-23-25-27-29-31-33-38-42-46-51-56-61-66-80(85)93-72-78(99-82(87)68-63-58-53-48-44-40-36-35-37-41-45-50-54-59-64-75(5)9-4)74-97-101(90,91)95-70-76(83)69-94-100(88,89)96-73-77(71-92-79(84)65-60-55-49-18-15-12-8-3)98-81(86)67-62-57-52-47-43-39-34-32-30-28-26-24-22-20-17-14-11-7-2/h75-78,83H,6-74H2,1-5H3,(H,88,89)(H,90,91)/t75?,76-,77+,78+/m0/s1. The zero-order valence-electron chi connectivity index (χ0n) is 66.1. The highest BCUT2D eigenvalue weighted by Crippen LogP contribution is 2.45. The maximum Gasteiger partial charge on any atom is 0.472 e. The molecule has 6 atom stereocenters. The van der Waals surface area contributed by atoms with E-state index in [9.17, 15) is 43.2 Å². The number of phosphoric ester groups is 2. The number of unbranched alkanes of at least 4 members (excludes halogenated alkanes) is 53. The molecule has 3 N–H and O–H groups in total. The molecule has 0 radical (unpaired) electrons. The number of hydrogen-bond acceptors (Lipinski definition) is 15. The Morgan fingerprint density at radius 3 is 0.703 bits per heavy atom. The van der Waals surface area contributed by atoms with Crippen molar-refractivity contribution in [3.63, 3.8) is 0 Å². The van der Waals surface area contributed by atoms with E-state index < -0.39 is 97.5 Å². The number of esters is 4. The Labute approximate surface area is 619 Å². The first kappa shape index (κ1) is 99.1. The Kier molecular flexibility index (Phi) is 73.5. The van der Waals surface area contributed by atoms with Crippen LogP contribution in [-0.2, 0) is 65.4 Å². The quantitative estimate of drug-likeness (QED) is 0.0222. The fraction of sp³-hybridized carbons (Fsp3) is 0.951. The normalized spacial score (nSPS) is 14.1. The van der Waals surface area contributed by atoms with Crippen molar-refractivity contribution in [1.29, 1.82) is 0 Å². The second-order valence-corrected chi connectivity index (χ2v) is 32.7. The summed E-state index contributed by atoms with van der Waals surface area (Å²) in [7, 11) is -9.92. The average molecular weight is 1480 g/mol. The van der Waals surface area contributed by atoms with Crippen molar-refractivity contribution in [1.82, 2.24) is 0 Å². The lowest BCUT2D eigenvalue weighted by atomic mass is 9.99. The van der Waals surface area contributed by atoms with E-state index in [1.165, 1.54) is 250 Å². The fourth-order valence-corrected chi connectivity index (χ4v) is 14.3. The van der Waals surface area contributed by atoms with Crippen LogP contribution in [0.1, 0.15) is 439 Å². The number of aliphatic hydroxyl groups excluding tert-OH is 1. The van der Waals surface area contributed by atoms with Crippen molar-refractivity contribution < 1.29 is 80.2 Å². The molecule has 0 aliphatic heterocycles. The summed E-state index contributed by atoms with van der Waals surface area (Å²) in [6.45, 7) is 7.35. The van der Waals surface area contributed by atoms with Crippen LogP contribution in [0.2, 0.25) is 0 Å². The molecule has 0 aromatic heterocycles. The van der Waals surface area contributed by atoms with E-state index in [1.54, 1.807) is 0 Å². The molecule has 0 heterocycles. The van der Waals surface area contributed by atoms with Gasteiger partial charge in [-0.25, -0.2) is 9.13 Å². The number of ether oxygens (including phenoxy) is 4. The van der Waals surface area contributed by atoms with Gasteiger partial charge in [0.2, 0.25) is 0 Å². The van der Waals surface area contributed by atoms with E-state index in [2.05, 4.69) is 34.6 Å². The van der Waals surface area contributed by atoms with E-state index in [0.717, 1.165) is 109 Å². The summed E-state index contributed by atoms with van der Waals surface area (Å²) < 4.78 is 68.7. The number of phosphoric acid groups is 2. The largest absolute Gasteiger partial charge is 0.472 e. The highest BCUT2D eigenvalue weighted by molar-refractivity contribution is 7.47. The van der Waals surface area contributed by atoms with Crippen molar-refractivity contribution in [3.8, 4) is 0 Å². The minimum Gasteiger partial charge on any atom is -0.462 e. The Morgan fingerprint density at radius 1 is 0.277 bits per heavy atom. The van der Waals surface area contributed by atoms with E-state index in [4.69, 9.17) is 37.0 Å². The van der Waals surface area contributed by atoms with Gasteiger partial charge in [0.05, 0.1) is 26.4 Å². The molecule has 0 aromatic rings. The monoisotopic (exact) mass is 1480 g/mol. The number of hydrogen-bond donors (Lipinski definition) is 3. The lowest BCUT2D eigenvalue weighted by Crippen LogP contribution is -2.30. The van der Waals surface area contributed by atoms with Crippen LogP contribution in [0.25, 0.3) is 0 Å². The molecule has 19 heteroatoms. The van der Waals surface area contributed by atoms with Crippen LogP contribution in [0.4, 0.5) is 0 Å². The third-order valence-electron chi connectivity index (χ3n) is 19.6. The molecule has 17 nitrogen and oxygen atoms in total. The SMILES string of the molecule is CCCCCCCCCCCCCCCCCCCCC(=O)OC[C@H](COP(=O)(O)OC[C@@H](O)COP(=O)(O)OC[C@@H](COC(=O)CCCCCCCCC)OC(=O)CCCCCCCCCCCCCCCCCCCC)OC(=O)CCCCCCCCCCCCCCCCC(C)CC. The molecule has 0 fully saturated rings. The van der Waals surface area contributed by atoms with Crippen LogP contribution in [0, 0.1) is 5.92 Å². The first-order chi connectivity index (χ1) is 49.1. The molecule has 0 aliphatic carbocycles. The smallest absolute Gasteiger partial charge is 0.462 e. The fourth-order valence-electron chi connectivity index (χ4n) is 12.7. The third-order valence-corrected chi connectivity index (χ3v) is 21.5. The van der Waals surface area contributed by atoms with Crippen LogP contribution in [-0.4, -0.2) is 96.7 Å². The lowest BCUT2D eigenvalue weighted by Gasteiger charge is -2.21. The highest BCUT2D eigenvalue weighted by Gasteiger charge is 2.30. The second-order valence-electron chi connectivity index (χ2n) is 29.8. The number of carbonyl (C=O) groups is 4. The van der Waals surface area contributed by atoms with Crippen molar-refractivity contribution in [2.24, 2.45) is 5.92 Å². The predicted octanol–water partition coefficient (Wildman–Crippen LogP) is 24.8. The average Bonchev–Trinajstić information content (AvgIpc) is 1.05. The minimum absolute atomic E-state index is 0.109. The summed E-state index contributed by atoms with van der Waals surface area (Å²) in [4.78, 5) is 72.9. The Morgan fingerprint density at radius 2 is 0.475 bits per heavy atom. The van der Waals surface area contributed by atoms with E-state index in [1.807, 2.05) is 0 Å². The minimum atomic E-state index is -4.96. The zero-order chi connectivity index (χ0) is 74.1. The van der Waals surface area contributed by atoms with Crippen LogP contribution in [0.15, 0.2) is 0 Å². The van der Waals surface area contributed by atoms with Gasteiger partial charge in [0, 0.05) is 25.7 Å². The summed E-state index contributed by atoms with van der Waals surface area (Å²) >= 11 is 0. The van der Waals surface area contributed by atoms with Gasteiger partial charge in [-0.3, -0.25) is 37.3 Å². The van der Waals surface area contributed by atoms with E-state index >= 15 is 0 Å². The molecule has 0 aromatic carbocycles. The van der Waals surface area contributed by atoms with Gasteiger partial charge in [-0.15, -0.1) is 0 Å². The summed E-state index contributed by atoms with van der Waals surface area (Å²) in [6, 6.07) is 0. The molecular weight excluding hydrogens is 1320 g/mol. The highest BCUT2D eigenvalue weighted by atomic mass is 31.2. The summed E-state index contributed by atoms with van der Waals surface area (Å²) in [5, 5.41) is 10.6.